The Morgan fingerprint density at radius 3 is 2.37 bits per heavy atom. The van der Waals surface area contributed by atoms with Crippen molar-refractivity contribution < 1.29 is 19.1 Å². The Hall–Kier alpha value is -3.82. The van der Waals surface area contributed by atoms with E-state index in [1.54, 1.807) is 24.3 Å². The minimum Gasteiger partial charge on any atom is -0.493 e. The van der Waals surface area contributed by atoms with Gasteiger partial charge < -0.3 is 20.1 Å². The lowest BCUT2D eigenvalue weighted by atomic mass is 10.2. The van der Waals surface area contributed by atoms with Crippen LogP contribution in [-0.2, 0) is 30.2 Å². The van der Waals surface area contributed by atoms with Crippen molar-refractivity contribution >= 4 is 17.9 Å². The van der Waals surface area contributed by atoms with Crippen LogP contribution in [-0.4, -0.2) is 41.7 Å². The number of rotatable bonds is 8. The molecular formula is C20H24N4O6. The molecule has 1 aromatic carbocycles. The molecule has 30 heavy (non-hydrogen) atoms. The van der Waals surface area contributed by atoms with E-state index in [1.165, 1.54) is 45.0 Å². The van der Waals surface area contributed by atoms with E-state index >= 15 is 0 Å². The molecule has 0 atom stereocenters. The van der Waals surface area contributed by atoms with Crippen molar-refractivity contribution in [2.45, 2.75) is 6.54 Å². The van der Waals surface area contributed by atoms with Gasteiger partial charge in [-0.1, -0.05) is 6.07 Å². The zero-order valence-corrected chi connectivity index (χ0v) is 17.2. The molecule has 0 unspecified atom stereocenters. The van der Waals surface area contributed by atoms with Crippen LogP contribution in [0.5, 0.6) is 11.5 Å². The van der Waals surface area contributed by atoms with Crippen LogP contribution < -0.4 is 31.4 Å². The minimum absolute atomic E-state index is 0.0159. The quantitative estimate of drug-likeness (QED) is 0.562. The lowest BCUT2D eigenvalue weighted by molar-refractivity contribution is -0.124. The number of hydrogen-bond donors (Lipinski definition) is 2. The molecule has 1 heterocycles. The molecule has 2 aromatic rings. The van der Waals surface area contributed by atoms with Crippen molar-refractivity contribution in [2.75, 3.05) is 20.8 Å². The maximum atomic E-state index is 11.9. The molecule has 0 radical (unpaired) electrons. The maximum Gasteiger partial charge on any atom is 0.330 e. The predicted octanol–water partition coefficient (Wildman–Crippen LogP) is -0.453. The van der Waals surface area contributed by atoms with Gasteiger partial charge in [0.05, 0.1) is 27.3 Å². The molecule has 0 fully saturated rings. The molecule has 10 nitrogen and oxygen atoms in total. The van der Waals surface area contributed by atoms with Gasteiger partial charge in [0.1, 0.15) is 0 Å². The van der Waals surface area contributed by atoms with Gasteiger partial charge in [0.25, 0.3) is 5.56 Å². The Bertz CT molecular complexity index is 1080. The molecule has 2 amide bonds. The molecule has 1 aromatic heterocycles. The molecule has 0 saturated carbocycles. The third kappa shape index (κ3) is 5.60. The van der Waals surface area contributed by atoms with Gasteiger partial charge >= 0.3 is 5.69 Å². The molecule has 0 spiro atoms. The van der Waals surface area contributed by atoms with E-state index < -0.39 is 23.1 Å². The molecule has 0 aliphatic rings. The molecule has 0 bridgehead atoms. The highest BCUT2D eigenvalue weighted by atomic mass is 16.5. The topological polar surface area (TPSA) is 121 Å². The first-order chi connectivity index (χ1) is 14.3. The molecule has 2 N–H and O–H groups in total. The highest BCUT2D eigenvalue weighted by Gasteiger charge is 2.08. The standard InChI is InChI=1S/C20H24N4O6/c1-23-14(10-19(27)24(2)20(23)28)11-21-18(26)12-22-17(25)8-6-13-5-7-15(29-3)16(9-13)30-4/h5-10H,11-12H2,1-4H3,(H,21,26)(H,22,25)/b8-6+. The molecule has 0 aliphatic heterocycles. The summed E-state index contributed by atoms with van der Waals surface area (Å²) in [6.45, 7) is -0.272. The Kier molecular flexibility index (Phi) is 7.56. The number of benzene rings is 1. The smallest absolute Gasteiger partial charge is 0.330 e. The van der Waals surface area contributed by atoms with Gasteiger partial charge in [-0.25, -0.2) is 4.79 Å². The summed E-state index contributed by atoms with van der Waals surface area (Å²) in [4.78, 5) is 47.4. The van der Waals surface area contributed by atoms with Crippen LogP contribution in [0.3, 0.4) is 0 Å². The number of carbonyl (C=O) groups is 2. The van der Waals surface area contributed by atoms with Crippen molar-refractivity contribution in [1.29, 1.82) is 0 Å². The van der Waals surface area contributed by atoms with Gasteiger partial charge in [0.15, 0.2) is 11.5 Å². The van der Waals surface area contributed by atoms with E-state index in [4.69, 9.17) is 9.47 Å². The van der Waals surface area contributed by atoms with Crippen molar-refractivity contribution in [3.05, 3.63) is 62.4 Å². The number of nitrogens with one attached hydrogen (secondary N) is 2. The summed E-state index contributed by atoms with van der Waals surface area (Å²) in [6, 6.07) is 6.45. The first-order valence-electron chi connectivity index (χ1n) is 8.97. The third-order valence-electron chi connectivity index (χ3n) is 4.35. The fourth-order valence-electron chi connectivity index (χ4n) is 2.55. The van der Waals surface area contributed by atoms with Crippen molar-refractivity contribution in [3.8, 4) is 11.5 Å². The Morgan fingerprint density at radius 2 is 1.70 bits per heavy atom. The zero-order valence-electron chi connectivity index (χ0n) is 17.2. The first-order valence-corrected chi connectivity index (χ1v) is 8.97. The van der Waals surface area contributed by atoms with Crippen LogP contribution in [0, 0.1) is 0 Å². The normalized spacial score (nSPS) is 10.7. The second kappa shape index (κ2) is 10.1. The fourth-order valence-corrected chi connectivity index (χ4v) is 2.55. The number of amides is 2. The maximum absolute atomic E-state index is 11.9. The van der Waals surface area contributed by atoms with Gasteiger partial charge in [-0.3, -0.25) is 23.5 Å². The molecule has 10 heteroatoms. The van der Waals surface area contributed by atoms with Crippen LogP contribution in [0.25, 0.3) is 6.08 Å². The first kappa shape index (κ1) is 22.5. The Labute approximate surface area is 172 Å². The average Bonchev–Trinajstić information content (AvgIpc) is 2.75. The third-order valence-corrected chi connectivity index (χ3v) is 4.35. The molecule has 160 valence electrons. The fraction of sp³-hybridized carbons (Fsp3) is 0.300. The Balaban J connectivity index is 1.88. The summed E-state index contributed by atoms with van der Waals surface area (Å²) in [5.41, 5.74) is 0.131. The van der Waals surface area contributed by atoms with Crippen LogP contribution >= 0.6 is 0 Å². The molecule has 0 saturated heterocycles. The van der Waals surface area contributed by atoms with Crippen molar-refractivity contribution in [1.82, 2.24) is 19.8 Å². The summed E-state index contributed by atoms with van der Waals surface area (Å²) in [5.74, 6) is 0.186. The van der Waals surface area contributed by atoms with Crippen LogP contribution in [0.2, 0.25) is 0 Å². The van der Waals surface area contributed by atoms with E-state index in [2.05, 4.69) is 10.6 Å². The van der Waals surface area contributed by atoms with E-state index in [0.717, 1.165) is 10.1 Å². The SMILES string of the molecule is COc1ccc(/C=C/C(=O)NCC(=O)NCc2cc(=O)n(C)c(=O)n2C)cc1OC. The summed E-state index contributed by atoms with van der Waals surface area (Å²) in [6.07, 6.45) is 2.86. The van der Waals surface area contributed by atoms with Gasteiger partial charge in [0, 0.05) is 31.9 Å². The monoisotopic (exact) mass is 416 g/mol. The number of methoxy groups -OCH3 is 2. The van der Waals surface area contributed by atoms with Crippen LogP contribution in [0.4, 0.5) is 0 Å². The van der Waals surface area contributed by atoms with E-state index in [-0.39, 0.29) is 13.1 Å². The lowest BCUT2D eigenvalue weighted by Gasteiger charge is -2.10. The zero-order chi connectivity index (χ0) is 22.3. The van der Waals surface area contributed by atoms with Gasteiger partial charge in [0.2, 0.25) is 11.8 Å². The van der Waals surface area contributed by atoms with Gasteiger partial charge in [-0.05, 0) is 23.8 Å². The number of ether oxygens (including phenoxy) is 2. The highest BCUT2D eigenvalue weighted by Crippen LogP contribution is 2.27. The number of carbonyl (C=O) groups excluding carboxylic acids is 2. The molecule has 2 rings (SSSR count). The highest BCUT2D eigenvalue weighted by molar-refractivity contribution is 5.94. The van der Waals surface area contributed by atoms with Crippen molar-refractivity contribution in [3.63, 3.8) is 0 Å². The van der Waals surface area contributed by atoms with Crippen molar-refractivity contribution in [2.24, 2.45) is 14.1 Å². The lowest BCUT2D eigenvalue weighted by Crippen LogP contribution is -2.41. The number of nitrogens with zero attached hydrogens (tertiary/aromatic N) is 2. The molecular weight excluding hydrogens is 392 g/mol. The Morgan fingerprint density at radius 1 is 1.00 bits per heavy atom. The molecule has 0 aliphatic carbocycles. The summed E-state index contributed by atoms with van der Waals surface area (Å²) in [7, 11) is 5.92. The van der Waals surface area contributed by atoms with Gasteiger partial charge in [-0.2, -0.15) is 0 Å². The second-order valence-corrected chi connectivity index (χ2v) is 6.32. The summed E-state index contributed by atoms with van der Waals surface area (Å²) in [5, 5.41) is 5.01. The average molecular weight is 416 g/mol. The second-order valence-electron chi connectivity index (χ2n) is 6.32. The predicted molar refractivity (Wildman–Crippen MR) is 110 cm³/mol. The van der Waals surface area contributed by atoms with E-state index in [0.29, 0.717) is 17.2 Å². The van der Waals surface area contributed by atoms with Crippen LogP contribution in [0.1, 0.15) is 11.3 Å². The largest absolute Gasteiger partial charge is 0.493 e. The van der Waals surface area contributed by atoms with Gasteiger partial charge in [-0.15, -0.1) is 0 Å². The number of hydrogen-bond acceptors (Lipinski definition) is 6. The number of aromatic nitrogens is 2. The summed E-state index contributed by atoms with van der Waals surface area (Å²) >= 11 is 0. The van der Waals surface area contributed by atoms with E-state index in [9.17, 15) is 19.2 Å². The minimum atomic E-state index is -0.486. The van der Waals surface area contributed by atoms with E-state index in [1.807, 2.05) is 0 Å². The van der Waals surface area contributed by atoms with Crippen LogP contribution in [0.15, 0.2) is 39.9 Å². The summed E-state index contributed by atoms with van der Waals surface area (Å²) < 4.78 is 12.6.